The lowest BCUT2D eigenvalue weighted by molar-refractivity contribution is -0.122. The van der Waals surface area contributed by atoms with E-state index < -0.39 is 0 Å². The predicted octanol–water partition coefficient (Wildman–Crippen LogP) is 1.82. The molecule has 2 aliphatic heterocycles. The molecular formula is C14H24N2O. The molecule has 0 radical (unpaired) electrons. The van der Waals surface area contributed by atoms with Gasteiger partial charge in [-0.15, -0.1) is 0 Å². The van der Waals surface area contributed by atoms with E-state index in [1.54, 1.807) is 0 Å². The summed E-state index contributed by atoms with van der Waals surface area (Å²) in [6.07, 6.45) is 8.38. The zero-order valence-corrected chi connectivity index (χ0v) is 10.8. The minimum Gasteiger partial charge on any atom is -0.356 e. The Morgan fingerprint density at radius 3 is 2.53 bits per heavy atom. The lowest BCUT2D eigenvalue weighted by atomic mass is 9.89. The number of hydrogen-bond donors (Lipinski definition) is 2. The summed E-state index contributed by atoms with van der Waals surface area (Å²) in [6, 6.07) is 1.40. The van der Waals surface area contributed by atoms with Crippen molar-refractivity contribution in [3.63, 3.8) is 0 Å². The average Bonchev–Trinajstić information content (AvgIpc) is 2.93. The van der Waals surface area contributed by atoms with Crippen molar-refractivity contribution in [2.24, 2.45) is 11.3 Å². The van der Waals surface area contributed by atoms with Crippen molar-refractivity contribution < 1.29 is 4.79 Å². The normalized spacial score (nSPS) is 37.8. The first-order valence-electron chi connectivity index (χ1n) is 7.16. The lowest BCUT2D eigenvalue weighted by Crippen LogP contribution is -2.40. The van der Waals surface area contributed by atoms with Crippen LogP contribution in [0.1, 0.15) is 51.9 Å². The minimum absolute atomic E-state index is 0.282. The third-order valence-electron chi connectivity index (χ3n) is 4.86. The van der Waals surface area contributed by atoms with Gasteiger partial charge in [0, 0.05) is 25.0 Å². The fourth-order valence-electron chi connectivity index (χ4n) is 3.38. The van der Waals surface area contributed by atoms with Crippen molar-refractivity contribution in [1.82, 2.24) is 10.6 Å². The summed E-state index contributed by atoms with van der Waals surface area (Å²) in [5.74, 6) is 0.908. The second-order valence-corrected chi connectivity index (χ2v) is 6.77. The van der Waals surface area contributed by atoms with E-state index in [4.69, 9.17) is 0 Å². The number of amides is 1. The number of hydrogen-bond acceptors (Lipinski definition) is 2. The zero-order valence-electron chi connectivity index (χ0n) is 10.8. The van der Waals surface area contributed by atoms with Crippen LogP contribution in [0, 0.1) is 11.3 Å². The third kappa shape index (κ3) is 2.82. The number of nitrogens with one attached hydrogen (secondary N) is 2. The molecule has 0 spiro atoms. The van der Waals surface area contributed by atoms with Crippen LogP contribution >= 0.6 is 0 Å². The van der Waals surface area contributed by atoms with Gasteiger partial charge in [-0.3, -0.25) is 4.79 Å². The Labute approximate surface area is 104 Å². The van der Waals surface area contributed by atoms with Gasteiger partial charge < -0.3 is 10.6 Å². The maximum Gasteiger partial charge on any atom is 0.220 e. The molecule has 2 saturated heterocycles. The molecule has 2 N–H and O–H groups in total. The van der Waals surface area contributed by atoms with Gasteiger partial charge in [0.1, 0.15) is 0 Å². The molecule has 2 atom stereocenters. The highest BCUT2D eigenvalue weighted by Crippen LogP contribution is 2.44. The molecule has 3 nitrogen and oxygen atoms in total. The van der Waals surface area contributed by atoms with E-state index in [1.807, 2.05) is 0 Å². The van der Waals surface area contributed by atoms with Gasteiger partial charge in [-0.2, -0.15) is 0 Å². The highest BCUT2D eigenvalue weighted by molar-refractivity contribution is 5.76. The van der Waals surface area contributed by atoms with Crippen molar-refractivity contribution in [3.8, 4) is 0 Å². The van der Waals surface area contributed by atoms with Gasteiger partial charge in [0.2, 0.25) is 5.91 Å². The first-order chi connectivity index (χ1) is 8.13. The van der Waals surface area contributed by atoms with Crippen LogP contribution in [-0.4, -0.2) is 24.5 Å². The van der Waals surface area contributed by atoms with E-state index in [1.165, 1.54) is 38.5 Å². The molecular weight excluding hydrogens is 212 g/mol. The maximum atomic E-state index is 11.9. The first kappa shape index (κ1) is 11.5. The standard InChI is InChI=1S/C14H24N2O/c1-14(4-5-14)9-15-13(17)8-10-6-11-2-3-12(7-10)16-11/h10-12,16H,2-9H2,1H3,(H,15,17). The van der Waals surface area contributed by atoms with Crippen molar-refractivity contribution >= 4 is 5.91 Å². The first-order valence-corrected chi connectivity index (χ1v) is 7.16. The molecule has 0 aromatic rings. The van der Waals surface area contributed by atoms with Crippen LogP contribution in [0.3, 0.4) is 0 Å². The molecule has 2 heterocycles. The van der Waals surface area contributed by atoms with Gasteiger partial charge in [0.15, 0.2) is 0 Å². The van der Waals surface area contributed by atoms with Crippen LogP contribution in [0.2, 0.25) is 0 Å². The summed E-state index contributed by atoms with van der Waals surface area (Å²) in [6.45, 7) is 3.15. The average molecular weight is 236 g/mol. The van der Waals surface area contributed by atoms with Gasteiger partial charge >= 0.3 is 0 Å². The number of rotatable bonds is 4. The van der Waals surface area contributed by atoms with Crippen LogP contribution in [0.25, 0.3) is 0 Å². The fraction of sp³-hybridized carbons (Fsp3) is 0.929. The molecule has 2 bridgehead atoms. The Hall–Kier alpha value is -0.570. The number of piperidine rings is 1. The molecule has 3 fully saturated rings. The Morgan fingerprint density at radius 1 is 1.29 bits per heavy atom. The van der Waals surface area contributed by atoms with Gasteiger partial charge in [0.25, 0.3) is 0 Å². The Kier molecular flexibility index (Phi) is 2.89. The maximum absolute atomic E-state index is 11.9. The highest BCUT2D eigenvalue weighted by Gasteiger charge is 2.38. The summed E-state index contributed by atoms with van der Waals surface area (Å²) in [5.41, 5.74) is 0.433. The second-order valence-electron chi connectivity index (χ2n) is 6.77. The summed E-state index contributed by atoms with van der Waals surface area (Å²) in [5, 5.41) is 6.75. The molecule has 1 aliphatic carbocycles. The van der Waals surface area contributed by atoms with Crippen molar-refractivity contribution in [2.75, 3.05) is 6.54 Å². The Morgan fingerprint density at radius 2 is 1.94 bits per heavy atom. The third-order valence-corrected chi connectivity index (χ3v) is 4.86. The molecule has 0 aromatic carbocycles. The second kappa shape index (κ2) is 4.27. The number of carbonyl (C=O) groups is 1. The molecule has 17 heavy (non-hydrogen) atoms. The number of fused-ring (bicyclic) bond motifs is 2. The van der Waals surface area contributed by atoms with E-state index in [0.717, 1.165) is 13.0 Å². The zero-order chi connectivity index (χ0) is 11.9. The summed E-state index contributed by atoms with van der Waals surface area (Å²) < 4.78 is 0. The smallest absolute Gasteiger partial charge is 0.220 e. The topological polar surface area (TPSA) is 41.1 Å². The predicted molar refractivity (Wildman–Crippen MR) is 67.6 cm³/mol. The minimum atomic E-state index is 0.282. The monoisotopic (exact) mass is 236 g/mol. The summed E-state index contributed by atoms with van der Waals surface area (Å²) in [7, 11) is 0. The SMILES string of the molecule is CC1(CNC(=O)CC2CC3CCC(C2)N3)CC1. The van der Waals surface area contributed by atoms with E-state index in [-0.39, 0.29) is 5.91 Å². The quantitative estimate of drug-likeness (QED) is 0.782. The molecule has 1 amide bonds. The van der Waals surface area contributed by atoms with Crippen molar-refractivity contribution in [1.29, 1.82) is 0 Å². The summed E-state index contributed by atoms with van der Waals surface area (Å²) >= 11 is 0. The molecule has 1 saturated carbocycles. The van der Waals surface area contributed by atoms with E-state index in [0.29, 0.717) is 23.4 Å². The van der Waals surface area contributed by atoms with Gasteiger partial charge in [-0.25, -0.2) is 0 Å². The number of carbonyl (C=O) groups excluding carboxylic acids is 1. The van der Waals surface area contributed by atoms with E-state index >= 15 is 0 Å². The van der Waals surface area contributed by atoms with Gasteiger partial charge in [-0.1, -0.05) is 6.92 Å². The molecule has 3 aliphatic rings. The van der Waals surface area contributed by atoms with Crippen molar-refractivity contribution in [2.45, 2.75) is 64.0 Å². The van der Waals surface area contributed by atoms with Crippen LogP contribution in [0.5, 0.6) is 0 Å². The lowest BCUT2D eigenvalue weighted by Gasteiger charge is -2.28. The molecule has 0 aromatic heterocycles. The van der Waals surface area contributed by atoms with Crippen LogP contribution < -0.4 is 10.6 Å². The van der Waals surface area contributed by atoms with Gasteiger partial charge in [-0.05, 0) is 49.9 Å². The van der Waals surface area contributed by atoms with Crippen LogP contribution in [-0.2, 0) is 4.79 Å². The fourth-order valence-corrected chi connectivity index (χ4v) is 3.38. The van der Waals surface area contributed by atoms with E-state index in [2.05, 4.69) is 17.6 Å². The Balaban J connectivity index is 1.42. The van der Waals surface area contributed by atoms with E-state index in [9.17, 15) is 4.79 Å². The molecule has 3 rings (SSSR count). The molecule has 3 heteroatoms. The molecule has 2 unspecified atom stereocenters. The van der Waals surface area contributed by atoms with Crippen LogP contribution in [0.15, 0.2) is 0 Å². The van der Waals surface area contributed by atoms with Gasteiger partial charge in [0.05, 0.1) is 0 Å². The largest absolute Gasteiger partial charge is 0.356 e. The Bertz CT molecular complexity index is 299. The highest BCUT2D eigenvalue weighted by atomic mass is 16.1. The molecule has 96 valence electrons. The van der Waals surface area contributed by atoms with Crippen LogP contribution in [0.4, 0.5) is 0 Å². The van der Waals surface area contributed by atoms with Crippen molar-refractivity contribution in [3.05, 3.63) is 0 Å². The summed E-state index contributed by atoms with van der Waals surface area (Å²) in [4.78, 5) is 11.9.